The van der Waals surface area contributed by atoms with Gasteiger partial charge in [-0.1, -0.05) is 18.2 Å². The fourth-order valence-electron chi connectivity index (χ4n) is 3.25. The van der Waals surface area contributed by atoms with Crippen molar-refractivity contribution in [3.8, 4) is 0 Å². The lowest BCUT2D eigenvalue weighted by molar-refractivity contribution is 0.122. The Hall–Kier alpha value is -2.53. The number of thiophene rings is 1. The van der Waals surface area contributed by atoms with Crippen molar-refractivity contribution in [2.45, 2.75) is 33.8 Å². The molecule has 2 aromatic carbocycles. The molecule has 1 amide bonds. The molecule has 0 aliphatic heterocycles. The van der Waals surface area contributed by atoms with E-state index < -0.39 is 6.09 Å². The number of hydrogen-bond donors (Lipinski definition) is 1. The van der Waals surface area contributed by atoms with Crippen LogP contribution >= 0.6 is 11.3 Å². The van der Waals surface area contributed by atoms with Gasteiger partial charge in [0, 0.05) is 34.7 Å². The number of fused-ring (bicyclic) bond motifs is 1. The summed E-state index contributed by atoms with van der Waals surface area (Å²) in [6.07, 6.45) is -0.743. The second kappa shape index (κ2) is 8.44. The first-order valence-electron chi connectivity index (χ1n) is 9.32. The quantitative estimate of drug-likeness (QED) is 0.539. The van der Waals surface area contributed by atoms with Crippen LogP contribution in [0.4, 0.5) is 16.2 Å². The van der Waals surface area contributed by atoms with E-state index in [0.29, 0.717) is 0 Å². The van der Waals surface area contributed by atoms with Crippen LogP contribution in [-0.4, -0.2) is 19.2 Å². The maximum absolute atomic E-state index is 12.4. The second-order valence-electron chi connectivity index (χ2n) is 6.53. The molecular formula is C22H26N2O2S. The van der Waals surface area contributed by atoms with Crippen molar-refractivity contribution in [2.24, 2.45) is 0 Å². The molecule has 4 nitrogen and oxygen atoms in total. The van der Waals surface area contributed by atoms with Gasteiger partial charge in [0.15, 0.2) is 0 Å². The summed E-state index contributed by atoms with van der Waals surface area (Å²) >= 11 is 1.67. The molecule has 0 bridgehead atoms. The van der Waals surface area contributed by atoms with E-state index in [9.17, 15) is 4.79 Å². The van der Waals surface area contributed by atoms with Crippen LogP contribution in [0.25, 0.3) is 10.1 Å². The molecule has 1 unspecified atom stereocenters. The zero-order valence-corrected chi connectivity index (χ0v) is 17.1. The number of benzene rings is 2. The van der Waals surface area contributed by atoms with E-state index in [2.05, 4.69) is 47.6 Å². The topological polar surface area (TPSA) is 41.6 Å². The van der Waals surface area contributed by atoms with Gasteiger partial charge in [0.25, 0.3) is 0 Å². The smallest absolute Gasteiger partial charge is 0.412 e. The van der Waals surface area contributed by atoms with Crippen LogP contribution in [0, 0.1) is 6.92 Å². The monoisotopic (exact) mass is 382 g/mol. The minimum absolute atomic E-state index is 0.309. The van der Waals surface area contributed by atoms with Gasteiger partial charge in [-0.2, -0.15) is 0 Å². The number of amides is 1. The minimum Gasteiger partial charge on any atom is -0.441 e. The van der Waals surface area contributed by atoms with E-state index in [4.69, 9.17) is 4.74 Å². The highest BCUT2D eigenvalue weighted by atomic mass is 32.1. The summed E-state index contributed by atoms with van der Waals surface area (Å²) in [7, 11) is 0. The van der Waals surface area contributed by atoms with Crippen LogP contribution in [0.2, 0.25) is 0 Å². The number of hydrogen-bond acceptors (Lipinski definition) is 4. The Morgan fingerprint density at radius 1 is 1.19 bits per heavy atom. The Morgan fingerprint density at radius 2 is 1.93 bits per heavy atom. The first-order valence-corrected chi connectivity index (χ1v) is 10.2. The van der Waals surface area contributed by atoms with Crippen LogP contribution in [0.5, 0.6) is 0 Å². The Kier molecular flexibility index (Phi) is 6.01. The Labute approximate surface area is 164 Å². The SMILES string of the molecule is CCN(CC)c1ccc(NC(=O)OC(C)c2csc3ccccc23)c(C)c1. The summed E-state index contributed by atoms with van der Waals surface area (Å²) < 4.78 is 6.83. The number of ether oxygens (including phenoxy) is 1. The van der Waals surface area contributed by atoms with Gasteiger partial charge in [-0.3, -0.25) is 5.32 Å². The zero-order chi connectivity index (χ0) is 19.4. The summed E-state index contributed by atoms with van der Waals surface area (Å²) in [6.45, 7) is 10.1. The average Bonchev–Trinajstić information content (AvgIpc) is 3.09. The molecule has 0 aliphatic carbocycles. The molecule has 5 heteroatoms. The van der Waals surface area contributed by atoms with Crippen molar-refractivity contribution in [2.75, 3.05) is 23.3 Å². The molecule has 1 atom stereocenters. The Bertz CT molecular complexity index is 931. The van der Waals surface area contributed by atoms with E-state index in [1.165, 1.54) is 4.70 Å². The maximum atomic E-state index is 12.4. The van der Waals surface area contributed by atoms with Gasteiger partial charge in [0.1, 0.15) is 6.10 Å². The fourth-order valence-corrected chi connectivity index (χ4v) is 4.29. The van der Waals surface area contributed by atoms with Gasteiger partial charge in [0.2, 0.25) is 0 Å². The highest BCUT2D eigenvalue weighted by Crippen LogP contribution is 2.32. The molecule has 0 saturated heterocycles. The molecule has 3 aromatic rings. The summed E-state index contributed by atoms with van der Waals surface area (Å²) in [5.74, 6) is 0. The van der Waals surface area contributed by atoms with Gasteiger partial charge in [-0.05, 0) is 68.3 Å². The molecule has 0 spiro atoms. The van der Waals surface area contributed by atoms with Crippen LogP contribution in [-0.2, 0) is 4.74 Å². The number of anilines is 2. The predicted molar refractivity (Wildman–Crippen MR) is 115 cm³/mol. The fraction of sp³-hybridized carbons (Fsp3) is 0.318. The molecule has 1 N–H and O–H groups in total. The van der Waals surface area contributed by atoms with Gasteiger partial charge in [-0.15, -0.1) is 11.3 Å². The molecule has 0 radical (unpaired) electrons. The lowest BCUT2D eigenvalue weighted by atomic mass is 10.1. The number of nitrogens with zero attached hydrogens (tertiary/aromatic N) is 1. The van der Waals surface area contributed by atoms with Gasteiger partial charge < -0.3 is 9.64 Å². The van der Waals surface area contributed by atoms with Crippen molar-refractivity contribution in [1.29, 1.82) is 0 Å². The summed E-state index contributed by atoms with van der Waals surface area (Å²) in [5.41, 5.74) is 4.00. The predicted octanol–water partition coefficient (Wildman–Crippen LogP) is 6.37. The van der Waals surface area contributed by atoms with Crippen molar-refractivity contribution in [3.63, 3.8) is 0 Å². The molecule has 142 valence electrons. The second-order valence-corrected chi connectivity index (χ2v) is 7.44. The van der Waals surface area contributed by atoms with Gasteiger partial charge >= 0.3 is 6.09 Å². The van der Waals surface area contributed by atoms with Crippen LogP contribution in [0.3, 0.4) is 0 Å². The Morgan fingerprint density at radius 3 is 2.63 bits per heavy atom. The first kappa shape index (κ1) is 19.2. The van der Waals surface area contributed by atoms with E-state index in [1.54, 1.807) is 11.3 Å². The lowest BCUT2D eigenvalue weighted by Gasteiger charge is -2.22. The summed E-state index contributed by atoms with van der Waals surface area (Å²) in [4.78, 5) is 14.7. The Balaban J connectivity index is 1.68. The molecule has 0 aliphatic rings. The number of rotatable bonds is 6. The molecule has 1 aromatic heterocycles. The van der Waals surface area contributed by atoms with Crippen molar-refractivity contribution in [3.05, 3.63) is 59.0 Å². The molecule has 0 fully saturated rings. The van der Waals surface area contributed by atoms with Crippen molar-refractivity contribution in [1.82, 2.24) is 0 Å². The lowest BCUT2D eigenvalue weighted by Crippen LogP contribution is -2.22. The van der Waals surface area contributed by atoms with Crippen molar-refractivity contribution < 1.29 is 9.53 Å². The summed E-state index contributed by atoms with van der Waals surface area (Å²) in [6, 6.07) is 14.2. The van der Waals surface area contributed by atoms with Crippen LogP contribution in [0.1, 0.15) is 38.0 Å². The third kappa shape index (κ3) is 4.25. The molecule has 3 rings (SSSR count). The van der Waals surface area contributed by atoms with Crippen LogP contribution < -0.4 is 10.2 Å². The van der Waals surface area contributed by atoms with Crippen molar-refractivity contribution >= 4 is 38.9 Å². The van der Waals surface area contributed by atoms with E-state index in [-0.39, 0.29) is 6.10 Å². The normalized spacial score (nSPS) is 12.0. The number of carbonyl (C=O) groups excluding carboxylic acids is 1. The van der Waals surface area contributed by atoms with Gasteiger partial charge in [0.05, 0.1) is 0 Å². The largest absolute Gasteiger partial charge is 0.441 e. The summed E-state index contributed by atoms with van der Waals surface area (Å²) in [5, 5.41) is 6.08. The third-order valence-electron chi connectivity index (χ3n) is 4.81. The maximum Gasteiger partial charge on any atom is 0.412 e. The third-order valence-corrected chi connectivity index (χ3v) is 5.79. The van der Waals surface area contributed by atoms with E-state index in [0.717, 1.165) is 41.0 Å². The first-order chi connectivity index (χ1) is 13.0. The standard InChI is InChI=1S/C22H26N2O2S/c1-5-24(6-2)17-11-12-20(15(3)13-17)23-22(25)26-16(4)19-14-27-21-10-8-7-9-18(19)21/h7-14,16H,5-6H2,1-4H3,(H,23,25). The number of aryl methyl sites for hydroxylation is 1. The number of nitrogens with one attached hydrogen (secondary N) is 1. The van der Waals surface area contributed by atoms with E-state index >= 15 is 0 Å². The highest BCUT2D eigenvalue weighted by molar-refractivity contribution is 7.17. The van der Waals surface area contributed by atoms with E-state index in [1.807, 2.05) is 38.1 Å². The van der Waals surface area contributed by atoms with Crippen LogP contribution in [0.15, 0.2) is 47.8 Å². The molecule has 1 heterocycles. The molecular weight excluding hydrogens is 356 g/mol. The molecule has 27 heavy (non-hydrogen) atoms. The zero-order valence-electron chi connectivity index (χ0n) is 16.3. The number of carbonyl (C=O) groups is 1. The average molecular weight is 383 g/mol. The van der Waals surface area contributed by atoms with Gasteiger partial charge in [-0.25, -0.2) is 4.79 Å². The molecule has 0 saturated carbocycles. The minimum atomic E-state index is -0.434. The highest BCUT2D eigenvalue weighted by Gasteiger charge is 2.16.